The summed E-state index contributed by atoms with van der Waals surface area (Å²) < 4.78 is 0. The molecule has 0 radical (unpaired) electrons. The lowest BCUT2D eigenvalue weighted by Gasteiger charge is -2.11. The van der Waals surface area contributed by atoms with Gasteiger partial charge in [-0.2, -0.15) is 4.98 Å². The lowest BCUT2D eigenvalue weighted by Crippen LogP contribution is -2.06. The standard InChI is InChI=1S/C20H13Cl2N5O2/c1-10-5-6-12(9-23-10)25-20-24-8-11-7-13(16-14(21)3-2-4-15(16)22)17(19(28)29)26-18(11)27-20/h2-9H,1H3,(H,28,29)(H,24,25,26,27). The van der Waals surface area contributed by atoms with Crippen molar-refractivity contribution >= 4 is 51.8 Å². The number of nitrogens with zero attached hydrogens (tertiary/aromatic N) is 4. The Kier molecular flexibility index (Phi) is 5.00. The maximum atomic E-state index is 11.9. The van der Waals surface area contributed by atoms with Crippen molar-refractivity contribution in [3.63, 3.8) is 0 Å². The minimum atomic E-state index is -1.21. The number of carboxylic acids is 1. The molecule has 0 saturated carbocycles. The largest absolute Gasteiger partial charge is 0.476 e. The Balaban J connectivity index is 1.83. The van der Waals surface area contributed by atoms with E-state index < -0.39 is 5.97 Å². The molecule has 0 amide bonds. The number of hydrogen-bond acceptors (Lipinski definition) is 6. The first kappa shape index (κ1) is 19.0. The number of carbonyl (C=O) groups is 1. The molecular weight excluding hydrogens is 413 g/mol. The minimum Gasteiger partial charge on any atom is -0.476 e. The number of rotatable bonds is 4. The van der Waals surface area contributed by atoms with E-state index in [2.05, 4.69) is 25.3 Å². The van der Waals surface area contributed by atoms with Gasteiger partial charge in [-0.25, -0.2) is 14.8 Å². The SMILES string of the molecule is Cc1ccc(Nc2ncc3cc(-c4c(Cl)cccc4Cl)c(C(=O)O)nc3n2)cn1. The second-order valence-corrected chi connectivity index (χ2v) is 7.02. The molecule has 4 aromatic rings. The molecule has 1 aromatic carbocycles. The third-order valence-electron chi connectivity index (χ3n) is 4.17. The summed E-state index contributed by atoms with van der Waals surface area (Å²) in [6.07, 6.45) is 3.21. The highest BCUT2D eigenvalue weighted by Crippen LogP contribution is 2.37. The van der Waals surface area contributed by atoms with Crippen LogP contribution in [0, 0.1) is 6.92 Å². The summed E-state index contributed by atoms with van der Waals surface area (Å²) in [6, 6.07) is 10.3. The molecule has 29 heavy (non-hydrogen) atoms. The molecule has 0 fully saturated rings. The van der Waals surface area contributed by atoms with Gasteiger partial charge in [0.15, 0.2) is 11.3 Å². The molecule has 0 aliphatic heterocycles. The molecule has 3 heterocycles. The molecule has 0 atom stereocenters. The number of pyridine rings is 2. The van der Waals surface area contributed by atoms with Gasteiger partial charge in [0.1, 0.15) is 0 Å². The summed E-state index contributed by atoms with van der Waals surface area (Å²) in [7, 11) is 0. The van der Waals surface area contributed by atoms with Crippen molar-refractivity contribution < 1.29 is 9.90 Å². The highest BCUT2D eigenvalue weighted by molar-refractivity contribution is 6.39. The Labute approximate surface area is 175 Å². The number of aromatic carboxylic acids is 1. The first-order valence-corrected chi connectivity index (χ1v) is 9.23. The molecule has 0 bridgehead atoms. The minimum absolute atomic E-state index is 0.200. The van der Waals surface area contributed by atoms with Crippen LogP contribution in [0.1, 0.15) is 16.2 Å². The predicted octanol–water partition coefficient (Wildman–Crippen LogP) is 5.14. The van der Waals surface area contributed by atoms with Crippen LogP contribution in [0.4, 0.5) is 11.6 Å². The first-order valence-electron chi connectivity index (χ1n) is 8.47. The van der Waals surface area contributed by atoms with E-state index >= 15 is 0 Å². The van der Waals surface area contributed by atoms with E-state index in [1.165, 1.54) is 0 Å². The number of fused-ring (bicyclic) bond motifs is 1. The van der Waals surface area contributed by atoms with Crippen molar-refractivity contribution in [3.8, 4) is 11.1 Å². The fourth-order valence-corrected chi connectivity index (χ4v) is 3.40. The second-order valence-electron chi connectivity index (χ2n) is 6.21. The number of aromatic nitrogens is 4. The molecule has 9 heteroatoms. The van der Waals surface area contributed by atoms with Crippen LogP contribution in [-0.4, -0.2) is 31.0 Å². The summed E-state index contributed by atoms with van der Waals surface area (Å²) in [5, 5.41) is 13.9. The van der Waals surface area contributed by atoms with Crippen LogP contribution in [0.25, 0.3) is 22.2 Å². The lowest BCUT2D eigenvalue weighted by molar-refractivity contribution is 0.0692. The molecule has 0 spiro atoms. The second kappa shape index (κ2) is 7.62. The Morgan fingerprint density at radius 1 is 1.03 bits per heavy atom. The van der Waals surface area contributed by atoms with Gasteiger partial charge in [-0.1, -0.05) is 29.3 Å². The molecule has 7 nitrogen and oxygen atoms in total. The van der Waals surface area contributed by atoms with Crippen LogP contribution in [0.3, 0.4) is 0 Å². The Hall–Kier alpha value is -3.29. The van der Waals surface area contributed by atoms with E-state index in [0.29, 0.717) is 32.2 Å². The molecule has 0 aliphatic carbocycles. The number of carboxylic acid groups (broad SMARTS) is 1. The van der Waals surface area contributed by atoms with Gasteiger partial charge < -0.3 is 10.4 Å². The van der Waals surface area contributed by atoms with Crippen LogP contribution < -0.4 is 5.32 Å². The number of hydrogen-bond donors (Lipinski definition) is 2. The number of halogens is 2. The van der Waals surface area contributed by atoms with Crippen molar-refractivity contribution in [2.45, 2.75) is 6.92 Å². The maximum absolute atomic E-state index is 11.9. The van der Waals surface area contributed by atoms with Crippen LogP contribution in [0.15, 0.2) is 48.8 Å². The molecule has 3 aromatic heterocycles. The number of anilines is 2. The Morgan fingerprint density at radius 3 is 2.45 bits per heavy atom. The van der Waals surface area contributed by atoms with E-state index in [1.807, 2.05) is 19.1 Å². The third kappa shape index (κ3) is 3.83. The Morgan fingerprint density at radius 2 is 1.79 bits per heavy atom. The fraction of sp³-hybridized carbons (Fsp3) is 0.0500. The molecule has 144 valence electrons. The first-order chi connectivity index (χ1) is 13.9. The average Bonchev–Trinajstić information content (AvgIpc) is 2.69. The number of benzene rings is 1. The van der Waals surface area contributed by atoms with Gasteiger partial charge in [-0.15, -0.1) is 0 Å². The zero-order chi connectivity index (χ0) is 20.5. The van der Waals surface area contributed by atoms with Crippen molar-refractivity contribution in [3.05, 3.63) is 70.2 Å². The molecular formula is C20H13Cl2N5O2. The summed E-state index contributed by atoms with van der Waals surface area (Å²) >= 11 is 12.5. The molecule has 4 rings (SSSR count). The van der Waals surface area contributed by atoms with Crippen molar-refractivity contribution in [1.82, 2.24) is 19.9 Å². The summed E-state index contributed by atoms with van der Waals surface area (Å²) in [4.78, 5) is 28.9. The fourth-order valence-electron chi connectivity index (χ4n) is 2.80. The summed E-state index contributed by atoms with van der Waals surface area (Å²) in [5.74, 6) is -0.940. The normalized spacial score (nSPS) is 10.9. The van der Waals surface area contributed by atoms with Gasteiger partial charge in [0, 0.05) is 38.4 Å². The zero-order valence-corrected chi connectivity index (χ0v) is 16.5. The maximum Gasteiger partial charge on any atom is 0.355 e. The van der Waals surface area contributed by atoms with E-state index in [4.69, 9.17) is 23.2 Å². The monoisotopic (exact) mass is 425 g/mol. The highest BCUT2D eigenvalue weighted by atomic mass is 35.5. The van der Waals surface area contributed by atoms with Crippen LogP contribution in [0.5, 0.6) is 0 Å². The van der Waals surface area contributed by atoms with Crippen molar-refractivity contribution in [2.75, 3.05) is 5.32 Å². The molecule has 0 saturated heterocycles. The molecule has 2 N–H and O–H groups in total. The smallest absolute Gasteiger partial charge is 0.355 e. The third-order valence-corrected chi connectivity index (χ3v) is 4.80. The van der Waals surface area contributed by atoms with Crippen molar-refractivity contribution in [2.24, 2.45) is 0 Å². The topological polar surface area (TPSA) is 101 Å². The van der Waals surface area contributed by atoms with E-state index in [0.717, 1.165) is 5.69 Å². The molecule has 0 unspecified atom stereocenters. The Bertz CT molecular complexity index is 1230. The number of aryl methyl sites for hydroxylation is 1. The van der Waals surface area contributed by atoms with E-state index in [-0.39, 0.29) is 17.3 Å². The van der Waals surface area contributed by atoms with Gasteiger partial charge >= 0.3 is 5.97 Å². The highest BCUT2D eigenvalue weighted by Gasteiger charge is 2.20. The van der Waals surface area contributed by atoms with Gasteiger partial charge in [-0.3, -0.25) is 4.98 Å². The predicted molar refractivity (Wildman–Crippen MR) is 112 cm³/mol. The zero-order valence-electron chi connectivity index (χ0n) is 15.0. The molecule has 0 aliphatic rings. The van der Waals surface area contributed by atoms with Gasteiger partial charge in [0.2, 0.25) is 5.95 Å². The van der Waals surface area contributed by atoms with Gasteiger partial charge in [-0.05, 0) is 37.3 Å². The van der Waals surface area contributed by atoms with Gasteiger partial charge in [0.05, 0.1) is 11.9 Å². The van der Waals surface area contributed by atoms with E-state index in [1.54, 1.807) is 36.7 Å². The quantitative estimate of drug-likeness (QED) is 0.466. The summed E-state index contributed by atoms with van der Waals surface area (Å²) in [5.41, 5.74) is 2.31. The lowest BCUT2D eigenvalue weighted by atomic mass is 10.0. The number of nitrogens with one attached hydrogen (secondary N) is 1. The van der Waals surface area contributed by atoms with Crippen LogP contribution in [0.2, 0.25) is 10.0 Å². The van der Waals surface area contributed by atoms with E-state index in [9.17, 15) is 9.90 Å². The van der Waals surface area contributed by atoms with Crippen molar-refractivity contribution in [1.29, 1.82) is 0 Å². The van der Waals surface area contributed by atoms with Crippen LogP contribution >= 0.6 is 23.2 Å². The summed E-state index contributed by atoms with van der Waals surface area (Å²) in [6.45, 7) is 1.89. The van der Waals surface area contributed by atoms with Gasteiger partial charge in [0.25, 0.3) is 0 Å². The van der Waals surface area contributed by atoms with Crippen LogP contribution in [-0.2, 0) is 0 Å². The average molecular weight is 426 g/mol.